The minimum atomic E-state index is -0.545. The van der Waals surface area contributed by atoms with Crippen molar-refractivity contribution in [1.82, 2.24) is 14.5 Å². The Morgan fingerprint density at radius 1 is 1.32 bits per heavy atom. The molecule has 1 unspecified atom stereocenters. The molecule has 0 spiro atoms. The highest BCUT2D eigenvalue weighted by Gasteiger charge is 2.24. The minimum Gasteiger partial charge on any atom is -0.337 e. The van der Waals surface area contributed by atoms with E-state index in [1.165, 1.54) is 16.5 Å². The Balaban J connectivity index is 1.92. The van der Waals surface area contributed by atoms with Gasteiger partial charge in [0.2, 0.25) is 5.91 Å². The maximum atomic E-state index is 12.6. The molecule has 1 aromatic carbocycles. The maximum absolute atomic E-state index is 12.6. The molecule has 1 amide bonds. The topological polar surface area (TPSA) is 55.2 Å². The summed E-state index contributed by atoms with van der Waals surface area (Å²) in [5.74, 6) is -0.0390. The van der Waals surface area contributed by atoms with E-state index in [1.54, 1.807) is 30.0 Å². The van der Waals surface area contributed by atoms with Crippen molar-refractivity contribution < 1.29 is 4.79 Å². The number of carbonyl (C=O) groups is 1. The lowest BCUT2D eigenvalue weighted by Crippen LogP contribution is -2.41. The Morgan fingerprint density at radius 3 is 2.82 bits per heavy atom. The van der Waals surface area contributed by atoms with Gasteiger partial charge in [0.25, 0.3) is 5.56 Å². The van der Waals surface area contributed by atoms with E-state index in [0.717, 1.165) is 6.42 Å². The highest BCUT2D eigenvalue weighted by atomic mass is 16.2. The van der Waals surface area contributed by atoms with E-state index in [1.807, 2.05) is 6.07 Å². The van der Waals surface area contributed by atoms with Crippen molar-refractivity contribution in [3.05, 3.63) is 52.6 Å². The van der Waals surface area contributed by atoms with Gasteiger partial charge < -0.3 is 4.90 Å². The normalized spacial score (nSPS) is 16.5. The van der Waals surface area contributed by atoms with E-state index in [4.69, 9.17) is 0 Å². The predicted octanol–water partition coefficient (Wildman–Crippen LogP) is 2.14. The molecule has 0 aliphatic carbocycles. The number of para-hydroxylation sites is 1. The van der Waals surface area contributed by atoms with Crippen LogP contribution in [0.1, 0.15) is 26.3 Å². The summed E-state index contributed by atoms with van der Waals surface area (Å²) in [6.45, 7) is 5.15. The molecule has 3 rings (SSSR count). The van der Waals surface area contributed by atoms with Crippen LogP contribution in [0, 0.1) is 0 Å². The van der Waals surface area contributed by atoms with Crippen molar-refractivity contribution in [3.8, 4) is 0 Å². The van der Waals surface area contributed by atoms with E-state index in [0.29, 0.717) is 24.0 Å². The molecule has 0 saturated carbocycles. The second-order valence-electron chi connectivity index (χ2n) is 5.73. The molecule has 1 aromatic heterocycles. The minimum absolute atomic E-state index is 0.0390. The molecule has 1 aliphatic heterocycles. The van der Waals surface area contributed by atoms with Crippen LogP contribution in [0.2, 0.25) is 0 Å². The van der Waals surface area contributed by atoms with Crippen molar-refractivity contribution in [1.29, 1.82) is 0 Å². The zero-order chi connectivity index (χ0) is 15.7. The lowest BCUT2D eigenvalue weighted by Gasteiger charge is -2.28. The van der Waals surface area contributed by atoms with Crippen LogP contribution in [-0.4, -0.2) is 33.4 Å². The monoisotopic (exact) mass is 297 g/mol. The quantitative estimate of drug-likeness (QED) is 0.798. The summed E-state index contributed by atoms with van der Waals surface area (Å²) in [7, 11) is 0. The van der Waals surface area contributed by atoms with Gasteiger partial charge in [0, 0.05) is 13.1 Å². The van der Waals surface area contributed by atoms with E-state index >= 15 is 0 Å². The molecule has 0 N–H and O–H groups in total. The van der Waals surface area contributed by atoms with Gasteiger partial charge in [-0.1, -0.05) is 23.8 Å². The van der Waals surface area contributed by atoms with Crippen LogP contribution in [0.4, 0.5) is 0 Å². The molecular formula is C17H19N3O2. The molecule has 5 nitrogen and oxygen atoms in total. The first kappa shape index (κ1) is 14.5. The van der Waals surface area contributed by atoms with Crippen LogP contribution < -0.4 is 5.56 Å². The molecule has 0 fully saturated rings. The molecule has 1 atom stereocenters. The van der Waals surface area contributed by atoms with Crippen molar-refractivity contribution in [2.45, 2.75) is 26.3 Å². The summed E-state index contributed by atoms with van der Waals surface area (Å²) >= 11 is 0. The summed E-state index contributed by atoms with van der Waals surface area (Å²) in [6.07, 6.45) is 4.43. The molecular weight excluding hydrogens is 278 g/mol. The lowest BCUT2D eigenvalue weighted by molar-refractivity contribution is -0.134. The first-order chi connectivity index (χ1) is 10.6. The first-order valence-electron chi connectivity index (χ1n) is 7.48. The molecule has 5 heteroatoms. The number of carbonyl (C=O) groups excluding carboxylic acids is 1. The summed E-state index contributed by atoms with van der Waals surface area (Å²) < 4.78 is 1.43. The second kappa shape index (κ2) is 5.75. The van der Waals surface area contributed by atoms with Crippen LogP contribution in [-0.2, 0) is 4.79 Å². The van der Waals surface area contributed by atoms with Crippen LogP contribution in [0.3, 0.4) is 0 Å². The number of nitrogens with zero attached hydrogens (tertiary/aromatic N) is 3. The van der Waals surface area contributed by atoms with Crippen molar-refractivity contribution >= 4 is 16.8 Å². The Morgan fingerprint density at radius 2 is 2.09 bits per heavy atom. The Bertz CT molecular complexity index is 807. The number of fused-ring (bicyclic) bond motifs is 1. The molecule has 2 aromatic rings. The van der Waals surface area contributed by atoms with E-state index in [9.17, 15) is 9.59 Å². The fourth-order valence-electron chi connectivity index (χ4n) is 2.71. The summed E-state index contributed by atoms with van der Waals surface area (Å²) in [4.78, 5) is 31.2. The molecule has 0 saturated heterocycles. The molecule has 22 heavy (non-hydrogen) atoms. The summed E-state index contributed by atoms with van der Waals surface area (Å²) in [5.41, 5.74) is 1.79. The highest BCUT2D eigenvalue weighted by molar-refractivity contribution is 5.81. The second-order valence-corrected chi connectivity index (χ2v) is 5.73. The van der Waals surface area contributed by atoms with Gasteiger partial charge in [-0.05, 0) is 32.4 Å². The maximum Gasteiger partial charge on any atom is 0.261 e. The zero-order valence-corrected chi connectivity index (χ0v) is 12.8. The van der Waals surface area contributed by atoms with E-state index in [-0.39, 0.29) is 11.5 Å². The number of amides is 1. The van der Waals surface area contributed by atoms with Gasteiger partial charge >= 0.3 is 0 Å². The fraction of sp³-hybridized carbons (Fsp3) is 0.353. The Kier molecular flexibility index (Phi) is 3.79. The molecule has 114 valence electrons. The molecule has 0 radical (unpaired) electrons. The third-order valence-corrected chi connectivity index (χ3v) is 4.21. The van der Waals surface area contributed by atoms with Crippen LogP contribution >= 0.6 is 0 Å². The Labute approximate surface area is 128 Å². The third-order valence-electron chi connectivity index (χ3n) is 4.21. The first-order valence-corrected chi connectivity index (χ1v) is 7.48. The van der Waals surface area contributed by atoms with Gasteiger partial charge in [-0.3, -0.25) is 14.2 Å². The smallest absolute Gasteiger partial charge is 0.261 e. The highest BCUT2D eigenvalue weighted by Crippen LogP contribution is 2.15. The summed E-state index contributed by atoms with van der Waals surface area (Å²) in [5, 5.41) is 0.541. The van der Waals surface area contributed by atoms with Gasteiger partial charge in [0.1, 0.15) is 6.04 Å². The number of aromatic nitrogens is 2. The number of hydrogen-bond donors (Lipinski definition) is 0. The largest absolute Gasteiger partial charge is 0.337 e. The van der Waals surface area contributed by atoms with Crippen molar-refractivity contribution in [3.63, 3.8) is 0 Å². The molecule has 1 aliphatic rings. The Hall–Kier alpha value is -2.43. The fourth-order valence-corrected chi connectivity index (χ4v) is 2.71. The lowest BCUT2D eigenvalue weighted by atomic mass is 10.1. The number of benzene rings is 1. The number of rotatable bonds is 2. The van der Waals surface area contributed by atoms with Gasteiger partial charge in [-0.15, -0.1) is 0 Å². The standard InChI is InChI=1S/C17H19N3O2/c1-12-7-9-19(10-8-12)16(21)13(2)20-11-18-15-6-4-3-5-14(15)17(20)22/h3-7,11,13H,8-10H2,1-2H3. The van der Waals surface area contributed by atoms with Gasteiger partial charge in [-0.25, -0.2) is 4.98 Å². The van der Waals surface area contributed by atoms with Gasteiger partial charge in [-0.2, -0.15) is 0 Å². The van der Waals surface area contributed by atoms with Gasteiger partial charge in [0.05, 0.1) is 17.2 Å². The molecule has 2 heterocycles. The van der Waals surface area contributed by atoms with Gasteiger partial charge in [0.15, 0.2) is 0 Å². The molecule has 0 bridgehead atoms. The third kappa shape index (κ3) is 2.54. The van der Waals surface area contributed by atoms with Crippen LogP contribution in [0.5, 0.6) is 0 Å². The van der Waals surface area contributed by atoms with E-state index in [2.05, 4.69) is 18.0 Å². The van der Waals surface area contributed by atoms with E-state index < -0.39 is 6.04 Å². The number of hydrogen-bond acceptors (Lipinski definition) is 3. The zero-order valence-electron chi connectivity index (χ0n) is 12.8. The SMILES string of the molecule is CC1=CCN(C(=O)C(C)n2cnc3ccccc3c2=O)CC1. The van der Waals surface area contributed by atoms with Crippen molar-refractivity contribution in [2.24, 2.45) is 0 Å². The predicted molar refractivity (Wildman–Crippen MR) is 85.7 cm³/mol. The average molecular weight is 297 g/mol. The average Bonchev–Trinajstić information content (AvgIpc) is 2.55. The van der Waals surface area contributed by atoms with Crippen LogP contribution in [0.15, 0.2) is 47.0 Å². The van der Waals surface area contributed by atoms with Crippen LogP contribution in [0.25, 0.3) is 10.9 Å². The van der Waals surface area contributed by atoms with Crippen molar-refractivity contribution in [2.75, 3.05) is 13.1 Å². The summed E-state index contributed by atoms with van der Waals surface area (Å²) in [6, 6.07) is 6.64.